The van der Waals surface area contributed by atoms with Crippen molar-refractivity contribution in [2.45, 2.75) is 26.7 Å². The number of carbonyl (C=O) groups is 1. The van der Waals surface area contributed by atoms with Crippen molar-refractivity contribution in [3.05, 3.63) is 20.3 Å². The van der Waals surface area contributed by atoms with Crippen molar-refractivity contribution in [3.63, 3.8) is 0 Å². The number of nitrogens with one attached hydrogen (secondary N) is 1. The molecule has 5 heteroatoms. The summed E-state index contributed by atoms with van der Waals surface area (Å²) in [7, 11) is 0. The van der Waals surface area contributed by atoms with Crippen LogP contribution >= 0.6 is 27.3 Å². The third-order valence-electron chi connectivity index (χ3n) is 3.61. The second kappa shape index (κ2) is 6.86. The Hall–Kier alpha value is -0.390. The molecule has 1 saturated heterocycles. The Labute approximate surface area is 127 Å². The van der Waals surface area contributed by atoms with Gasteiger partial charge in [0.2, 0.25) is 0 Å². The molecule has 1 aromatic rings. The average molecular weight is 345 g/mol. The first-order chi connectivity index (χ1) is 9.11. The number of amides is 1. The van der Waals surface area contributed by atoms with Crippen molar-refractivity contribution in [1.29, 1.82) is 0 Å². The van der Waals surface area contributed by atoms with Gasteiger partial charge in [-0.05, 0) is 73.3 Å². The molecule has 1 fully saturated rings. The number of hydrogen-bond acceptors (Lipinski definition) is 3. The Bertz CT molecular complexity index is 421. The van der Waals surface area contributed by atoms with E-state index in [1.54, 1.807) is 0 Å². The predicted octanol–water partition coefficient (Wildman–Crippen LogP) is 3.28. The molecule has 1 aromatic heterocycles. The van der Waals surface area contributed by atoms with Gasteiger partial charge >= 0.3 is 0 Å². The normalized spacial score (nSPS) is 19.4. The van der Waals surface area contributed by atoms with Crippen molar-refractivity contribution in [2.75, 3.05) is 26.2 Å². The van der Waals surface area contributed by atoms with Crippen LogP contribution in [0.5, 0.6) is 0 Å². The number of halogens is 1. The largest absolute Gasteiger partial charge is 0.338 e. The first kappa shape index (κ1) is 15.0. The molecule has 0 saturated carbocycles. The third kappa shape index (κ3) is 3.80. The summed E-state index contributed by atoms with van der Waals surface area (Å²) < 4.78 is 1.06. The lowest BCUT2D eigenvalue weighted by Gasteiger charge is -2.29. The molecule has 1 N–H and O–H groups in total. The number of piperidine rings is 1. The van der Waals surface area contributed by atoms with Crippen molar-refractivity contribution in [1.82, 2.24) is 10.2 Å². The molecule has 0 bridgehead atoms. The van der Waals surface area contributed by atoms with Gasteiger partial charge in [-0.3, -0.25) is 4.79 Å². The minimum absolute atomic E-state index is 0.173. The summed E-state index contributed by atoms with van der Waals surface area (Å²) in [6, 6.07) is 1.98. The van der Waals surface area contributed by atoms with Crippen LogP contribution in [-0.2, 0) is 0 Å². The molecule has 0 aromatic carbocycles. The van der Waals surface area contributed by atoms with E-state index >= 15 is 0 Å². The lowest BCUT2D eigenvalue weighted by atomic mass is 9.99. The first-order valence-corrected chi connectivity index (χ1v) is 8.48. The summed E-state index contributed by atoms with van der Waals surface area (Å²) in [5, 5.41) is 3.41. The van der Waals surface area contributed by atoms with Gasteiger partial charge < -0.3 is 10.2 Å². The lowest BCUT2D eigenvalue weighted by molar-refractivity contribution is 0.0734. The Kier molecular flexibility index (Phi) is 5.42. The van der Waals surface area contributed by atoms with Gasteiger partial charge in [-0.1, -0.05) is 0 Å². The molecular weight excluding hydrogens is 324 g/mol. The fraction of sp³-hybridized carbons (Fsp3) is 0.643. The van der Waals surface area contributed by atoms with E-state index in [1.165, 1.54) is 24.2 Å². The number of rotatable bonds is 4. The predicted molar refractivity (Wildman–Crippen MR) is 83.9 cm³/mol. The van der Waals surface area contributed by atoms with Crippen LogP contribution in [0.3, 0.4) is 0 Å². The molecular formula is C14H21BrN2OS. The van der Waals surface area contributed by atoms with Crippen molar-refractivity contribution in [3.8, 4) is 0 Å². The molecule has 2 rings (SSSR count). The molecule has 2 heterocycles. The van der Waals surface area contributed by atoms with Crippen molar-refractivity contribution >= 4 is 33.2 Å². The number of carbonyl (C=O) groups excluding carboxylic acids is 1. The molecule has 1 aliphatic rings. The molecule has 106 valence electrons. The molecule has 1 aliphatic heterocycles. The molecule has 0 spiro atoms. The average Bonchev–Trinajstić information content (AvgIpc) is 2.76. The monoisotopic (exact) mass is 344 g/mol. The van der Waals surface area contributed by atoms with Gasteiger partial charge in [0.25, 0.3) is 5.91 Å². The standard InChI is InChI=1S/C14H21BrN2OS/c1-3-17(9-11-5-4-6-16-8-11)14(18)12-7-10(2)13(15)19-12/h7,11,16H,3-6,8-9H2,1-2H3. The molecule has 1 amide bonds. The van der Waals surface area contributed by atoms with Crippen LogP contribution in [-0.4, -0.2) is 37.0 Å². The highest BCUT2D eigenvalue weighted by molar-refractivity contribution is 9.11. The first-order valence-electron chi connectivity index (χ1n) is 6.87. The van der Waals surface area contributed by atoms with E-state index in [1.807, 2.05) is 17.9 Å². The van der Waals surface area contributed by atoms with Gasteiger partial charge in [0.05, 0.1) is 8.66 Å². The zero-order valence-electron chi connectivity index (χ0n) is 11.5. The van der Waals surface area contributed by atoms with E-state index in [0.717, 1.165) is 40.4 Å². The second-order valence-corrected chi connectivity index (χ2v) is 7.49. The summed E-state index contributed by atoms with van der Waals surface area (Å²) in [4.78, 5) is 15.3. The second-order valence-electron chi connectivity index (χ2n) is 5.12. The maximum absolute atomic E-state index is 12.5. The SMILES string of the molecule is CCN(CC1CCCNC1)C(=O)c1cc(C)c(Br)s1. The van der Waals surface area contributed by atoms with Crippen LogP contribution in [0, 0.1) is 12.8 Å². The molecule has 1 unspecified atom stereocenters. The minimum atomic E-state index is 0.173. The van der Waals surface area contributed by atoms with Crippen LogP contribution in [0.1, 0.15) is 35.0 Å². The Balaban J connectivity index is 2.01. The molecule has 3 nitrogen and oxygen atoms in total. The van der Waals surface area contributed by atoms with E-state index in [9.17, 15) is 4.79 Å². The number of hydrogen-bond donors (Lipinski definition) is 1. The van der Waals surface area contributed by atoms with Gasteiger partial charge in [0.1, 0.15) is 0 Å². The van der Waals surface area contributed by atoms with Gasteiger partial charge in [-0.2, -0.15) is 0 Å². The number of aryl methyl sites for hydroxylation is 1. The van der Waals surface area contributed by atoms with E-state index in [-0.39, 0.29) is 5.91 Å². The van der Waals surface area contributed by atoms with Crippen molar-refractivity contribution in [2.24, 2.45) is 5.92 Å². The van der Waals surface area contributed by atoms with E-state index < -0.39 is 0 Å². The highest BCUT2D eigenvalue weighted by atomic mass is 79.9. The van der Waals surface area contributed by atoms with Crippen LogP contribution < -0.4 is 5.32 Å². The Morgan fingerprint density at radius 2 is 2.42 bits per heavy atom. The van der Waals surface area contributed by atoms with Crippen molar-refractivity contribution < 1.29 is 4.79 Å². The van der Waals surface area contributed by atoms with Gasteiger partial charge in [-0.25, -0.2) is 0 Å². The fourth-order valence-electron chi connectivity index (χ4n) is 2.47. The maximum Gasteiger partial charge on any atom is 0.263 e. The van der Waals surface area contributed by atoms with Gasteiger partial charge in [0.15, 0.2) is 0 Å². The number of thiophene rings is 1. The van der Waals surface area contributed by atoms with Crippen LogP contribution in [0.15, 0.2) is 9.85 Å². The molecule has 0 radical (unpaired) electrons. The quantitative estimate of drug-likeness (QED) is 0.908. The fourth-order valence-corrected chi connectivity index (χ4v) is 3.97. The number of nitrogens with zero attached hydrogens (tertiary/aromatic N) is 1. The van der Waals surface area contributed by atoms with E-state index in [2.05, 4.69) is 28.2 Å². The maximum atomic E-state index is 12.5. The minimum Gasteiger partial charge on any atom is -0.338 e. The molecule has 19 heavy (non-hydrogen) atoms. The summed E-state index contributed by atoms with van der Waals surface area (Å²) >= 11 is 5.03. The molecule has 1 atom stereocenters. The zero-order chi connectivity index (χ0) is 13.8. The van der Waals surface area contributed by atoms with E-state index in [0.29, 0.717) is 5.92 Å². The zero-order valence-corrected chi connectivity index (χ0v) is 13.9. The molecule has 0 aliphatic carbocycles. The Morgan fingerprint density at radius 1 is 1.63 bits per heavy atom. The highest BCUT2D eigenvalue weighted by Crippen LogP contribution is 2.28. The van der Waals surface area contributed by atoms with E-state index in [4.69, 9.17) is 0 Å². The van der Waals surface area contributed by atoms with Crippen LogP contribution in [0.4, 0.5) is 0 Å². The summed E-state index contributed by atoms with van der Waals surface area (Å²) in [5.74, 6) is 0.772. The third-order valence-corrected chi connectivity index (χ3v) is 5.74. The lowest BCUT2D eigenvalue weighted by Crippen LogP contribution is -2.40. The van der Waals surface area contributed by atoms with Gasteiger partial charge in [0, 0.05) is 13.1 Å². The Morgan fingerprint density at radius 3 is 2.95 bits per heavy atom. The van der Waals surface area contributed by atoms with Crippen LogP contribution in [0.2, 0.25) is 0 Å². The van der Waals surface area contributed by atoms with Crippen LogP contribution in [0.25, 0.3) is 0 Å². The summed E-state index contributed by atoms with van der Waals surface area (Å²) in [5.41, 5.74) is 1.14. The summed E-state index contributed by atoms with van der Waals surface area (Å²) in [6.07, 6.45) is 2.45. The summed E-state index contributed by atoms with van der Waals surface area (Å²) in [6.45, 7) is 7.90. The topological polar surface area (TPSA) is 32.3 Å². The van der Waals surface area contributed by atoms with Gasteiger partial charge in [-0.15, -0.1) is 11.3 Å². The smallest absolute Gasteiger partial charge is 0.263 e. The highest BCUT2D eigenvalue weighted by Gasteiger charge is 2.22.